The molecule has 5 nitrogen and oxygen atoms in total. The minimum Gasteiger partial charge on any atom is -0.351 e. The number of nitrogens with zero attached hydrogens (tertiary/aromatic N) is 2. The molecule has 0 saturated carbocycles. The molecule has 0 aromatic carbocycles. The summed E-state index contributed by atoms with van der Waals surface area (Å²) in [6, 6.07) is 0. The fourth-order valence-electron chi connectivity index (χ4n) is 2.12. The summed E-state index contributed by atoms with van der Waals surface area (Å²) in [5.74, 6) is -0.207. The highest BCUT2D eigenvalue weighted by atomic mass is 16.2. The first-order valence-corrected chi connectivity index (χ1v) is 6.20. The van der Waals surface area contributed by atoms with Crippen molar-refractivity contribution in [1.29, 1.82) is 0 Å². The van der Waals surface area contributed by atoms with Crippen LogP contribution < -0.4 is 5.32 Å². The van der Waals surface area contributed by atoms with Gasteiger partial charge in [0.1, 0.15) is 0 Å². The second-order valence-electron chi connectivity index (χ2n) is 4.91. The Labute approximate surface area is 103 Å². The first-order valence-electron chi connectivity index (χ1n) is 6.20. The summed E-state index contributed by atoms with van der Waals surface area (Å²) in [5, 5.41) is 2.38. The lowest BCUT2D eigenvalue weighted by Gasteiger charge is -2.31. The van der Waals surface area contributed by atoms with Crippen LogP contribution in [-0.4, -0.2) is 62.4 Å². The molecule has 17 heavy (non-hydrogen) atoms. The molecule has 0 aromatic rings. The minimum absolute atomic E-state index is 0.390. The van der Waals surface area contributed by atoms with Crippen molar-refractivity contribution in [2.24, 2.45) is 5.92 Å². The van der Waals surface area contributed by atoms with E-state index in [1.54, 1.807) is 4.90 Å². The number of carbonyl (C=O) groups excluding carboxylic acids is 2. The number of likely N-dealkylation sites (N-methyl/N-ethyl adjacent to an activating group) is 1. The molecule has 1 heterocycles. The molecule has 1 N–H and O–H groups in total. The molecule has 0 aromatic heterocycles. The molecule has 0 unspecified atom stereocenters. The molecule has 1 saturated heterocycles. The van der Waals surface area contributed by atoms with Gasteiger partial charge in [-0.1, -0.05) is 0 Å². The number of likely N-dealkylation sites (tertiary alicyclic amines) is 1. The van der Waals surface area contributed by atoms with Gasteiger partial charge in [-0.05, 0) is 45.8 Å². The lowest BCUT2D eigenvalue weighted by atomic mass is 9.93. The monoisotopic (exact) mass is 241 g/mol. The van der Waals surface area contributed by atoms with Crippen molar-refractivity contribution in [1.82, 2.24) is 15.1 Å². The van der Waals surface area contributed by atoms with Crippen LogP contribution in [0.15, 0.2) is 0 Å². The second-order valence-corrected chi connectivity index (χ2v) is 4.91. The molecule has 5 heteroatoms. The molecule has 0 radical (unpaired) electrons. The van der Waals surface area contributed by atoms with Crippen LogP contribution in [0.4, 0.5) is 0 Å². The normalized spacial score (nSPS) is 17.3. The van der Waals surface area contributed by atoms with Gasteiger partial charge in [0, 0.05) is 20.1 Å². The fraction of sp³-hybridized carbons (Fsp3) is 0.833. The molecule has 0 spiro atoms. The van der Waals surface area contributed by atoms with E-state index >= 15 is 0 Å². The number of hydrogen-bond acceptors (Lipinski definition) is 3. The molecule has 0 aliphatic carbocycles. The largest absolute Gasteiger partial charge is 0.351 e. The van der Waals surface area contributed by atoms with Gasteiger partial charge in [-0.2, -0.15) is 0 Å². The van der Waals surface area contributed by atoms with Crippen molar-refractivity contribution in [3.05, 3.63) is 0 Å². The summed E-state index contributed by atoms with van der Waals surface area (Å²) < 4.78 is 0. The minimum atomic E-state index is -0.503. The Morgan fingerprint density at radius 1 is 1.29 bits per heavy atom. The zero-order valence-electron chi connectivity index (χ0n) is 11.0. The predicted octanol–water partition coefficient (Wildman–Crippen LogP) is -0.0773. The van der Waals surface area contributed by atoms with Gasteiger partial charge in [0.2, 0.25) is 0 Å². The quantitative estimate of drug-likeness (QED) is 0.703. The highest BCUT2D eigenvalue weighted by Crippen LogP contribution is 2.20. The maximum absolute atomic E-state index is 11.6. The van der Waals surface area contributed by atoms with E-state index in [0.29, 0.717) is 19.0 Å². The number of amides is 2. The van der Waals surface area contributed by atoms with Gasteiger partial charge in [0.05, 0.1) is 0 Å². The summed E-state index contributed by atoms with van der Waals surface area (Å²) >= 11 is 0. The Morgan fingerprint density at radius 3 is 2.35 bits per heavy atom. The first-order chi connectivity index (χ1) is 8.04. The maximum Gasteiger partial charge on any atom is 0.311 e. The van der Waals surface area contributed by atoms with Crippen molar-refractivity contribution in [3.8, 4) is 0 Å². The van der Waals surface area contributed by atoms with Crippen LogP contribution in [0.1, 0.15) is 19.3 Å². The van der Waals surface area contributed by atoms with E-state index < -0.39 is 11.8 Å². The van der Waals surface area contributed by atoms with Crippen LogP contribution in [0.2, 0.25) is 0 Å². The summed E-state index contributed by atoms with van der Waals surface area (Å²) in [6.07, 6.45) is 3.20. The zero-order chi connectivity index (χ0) is 12.8. The van der Waals surface area contributed by atoms with Gasteiger partial charge in [-0.3, -0.25) is 9.59 Å². The molecule has 1 rings (SSSR count). The number of carbonyl (C=O) groups is 2. The van der Waals surface area contributed by atoms with Gasteiger partial charge in [-0.25, -0.2) is 0 Å². The van der Waals surface area contributed by atoms with Crippen LogP contribution in [-0.2, 0) is 9.59 Å². The molecule has 0 bridgehead atoms. The van der Waals surface area contributed by atoms with Crippen LogP contribution in [0.25, 0.3) is 0 Å². The summed E-state index contributed by atoms with van der Waals surface area (Å²) in [5.41, 5.74) is 0. The number of hydrogen-bond donors (Lipinski definition) is 1. The van der Waals surface area contributed by atoms with Crippen LogP contribution in [0.5, 0.6) is 0 Å². The van der Waals surface area contributed by atoms with Gasteiger partial charge in [0.25, 0.3) is 0 Å². The molecular weight excluding hydrogens is 218 g/mol. The Balaban J connectivity index is 2.30. The van der Waals surface area contributed by atoms with Gasteiger partial charge in [-0.15, -0.1) is 0 Å². The van der Waals surface area contributed by atoms with Crippen molar-refractivity contribution in [2.75, 3.05) is 40.8 Å². The Kier molecular flexibility index (Phi) is 5.41. The second kappa shape index (κ2) is 6.59. The number of nitrogens with one attached hydrogen (secondary N) is 1. The predicted molar refractivity (Wildman–Crippen MR) is 66.5 cm³/mol. The van der Waals surface area contributed by atoms with Crippen molar-refractivity contribution in [3.63, 3.8) is 0 Å². The third-order valence-electron chi connectivity index (χ3n) is 3.31. The number of piperidine rings is 1. The molecule has 2 amide bonds. The van der Waals surface area contributed by atoms with E-state index in [1.807, 2.05) is 0 Å². The Hall–Kier alpha value is -1.10. The third-order valence-corrected chi connectivity index (χ3v) is 3.31. The summed E-state index contributed by atoms with van der Waals surface area (Å²) in [6.45, 7) is 2.52. The van der Waals surface area contributed by atoms with Crippen LogP contribution in [0.3, 0.4) is 0 Å². The molecule has 1 fully saturated rings. The van der Waals surface area contributed by atoms with E-state index in [0.717, 1.165) is 19.4 Å². The van der Waals surface area contributed by atoms with Gasteiger partial charge >= 0.3 is 11.8 Å². The van der Waals surface area contributed by atoms with E-state index in [1.165, 1.54) is 13.5 Å². The summed E-state index contributed by atoms with van der Waals surface area (Å²) in [7, 11) is 5.64. The first kappa shape index (κ1) is 14.0. The lowest BCUT2D eigenvalue weighted by molar-refractivity contribution is -0.146. The molecule has 98 valence electrons. The molecule has 1 aliphatic heterocycles. The van der Waals surface area contributed by atoms with E-state index in [-0.39, 0.29) is 0 Å². The van der Waals surface area contributed by atoms with Gasteiger partial charge in [0.15, 0.2) is 0 Å². The SMILES string of the molecule is CNC(=O)C(=O)N1CCC(CCN(C)C)CC1. The molecular formula is C12H23N3O2. The highest BCUT2D eigenvalue weighted by molar-refractivity contribution is 6.34. The van der Waals surface area contributed by atoms with E-state index in [4.69, 9.17) is 0 Å². The third kappa shape index (κ3) is 4.34. The van der Waals surface area contributed by atoms with E-state index in [2.05, 4.69) is 24.3 Å². The van der Waals surface area contributed by atoms with E-state index in [9.17, 15) is 9.59 Å². The topological polar surface area (TPSA) is 52.7 Å². The fourth-order valence-corrected chi connectivity index (χ4v) is 2.12. The average Bonchev–Trinajstić information content (AvgIpc) is 2.35. The Morgan fingerprint density at radius 2 is 1.88 bits per heavy atom. The average molecular weight is 241 g/mol. The Bertz CT molecular complexity index is 271. The lowest BCUT2D eigenvalue weighted by Crippen LogP contribution is -2.45. The standard InChI is InChI=1S/C12H23N3O2/c1-13-11(16)12(17)15-8-5-10(6-9-15)4-7-14(2)3/h10H,4-9H2,1-3H3,(H,13,16). The van der Waals surface area contributed by atoms with Gasteiger partial charge < -0.3 is 15.1 Å². The summed E-state index contributed by atoms with van der Waals surface area (Å²) in [4.78, 5) is 26.6. The van der Waals surface area contributed by atoms with Crippen LogP contribution in [0, 0.1) is 5.92 Å². The van der Waals surface area contributed by atoms with Crippen LogP contribution >= 0.6 is 0 Å². The van der Waals surface area contributed by atoms with Crippen molar-refractivity contribution < 1.29 is 9.59 Å². The van der Waals surface area contributed by atoms with Crippen molar-refractivity contribution >= 4 is 11.8 Å². The highest BCUT2D eigenvalue weighted by Gasteiger charge is 2.26. The maximum atomic E-state index is 11.6. The zero-order valence-corrected chi connectivity index (χ0v) is 11.0. The number of rotatable bonds is 3. The molecule has 0 atom stereocenters. The van der Waals surface area contributed by atoms with Crippen molar-refractivity contribution in [2.45, 2.75) is 19.3 Å². The molecule has 1 aliphatic rings. The smallest absolute Gasteiger partial charge is 0.311 e.